The van der Waals surface area contributed by atoms with Crippen LogP contribution in [0.1, 0.15) is 67.5 Å². The highest BCUT2D eigenvalue weighted by atomic mass is 16.4. The van der Waals surface area contributed by atoms with Crippen LogP contribution < -0.4 is 0 Å². The fourth-order valence-electron chi connectivity index (χ4n) is 3.83. The summed E-state index contributed by atoms with van der Waals surface area (Å²) in [5.41, 5.74) is 2.10. The molecule has 0 atom stereocenters. The van der Waals surface area contributed by atoms with E-state index in [9.17, 15) is 9.90 Å². The summed E-state index contributed by atoms with van der Waals surface area (Å²) < 4.78 is 2.37. The lowest BCUT2D eigenvalue weighted by Gasteiger charge is -2.29. The minimum absolute atomic E-state index is 0.101. The van der Waals surface area contributed by atoms with Crippen LogP contribution in [0.3, 0.4) is 0 Å². The summed E-state index contributed by atoms with van der Waals surface area (Å²) in [6.07, 6.45) is 7.19. The van der Waals surface area contributed by atoms with E-state index in [0.717, 1.165) is 24.2 Å². The van der Waals surface area contributed by atoms with Gasteiger partial charge >= 0.3 is 5.97 Å². The molecule has 21 heavy (non-hydrogen) atoms. The van der Waals surface area contributed by atoms with E-state index in [-0.39, 0.29) is 5.54 Å². The molecule has 2 fully saturated rings. The number of nitrogens with zero attached hydrogens (tertiary/aromatic N) is 2. The van der Waals surface area contributed by atoms with Gasteiger partial charge in [0, 0.05) is 11.5 Å². The first kappa shape index (κ1) is 12.9. The Morgan fingerprint density at radius 1 is 1.33 bits per heavy atom. The fraction of sp³-hybridized carbons (Fsp3) is 0.529. The van der Waals surface area contributed by atoms with Gasteiger partial charge in [0.05, 0.1) is 11.1 Å². The molecule has 2 aliphatic rings. The van der Waals surface area contributed by atoms with Crippen LogP contribution >= 0.6 is 0 Å². The van der Waals surface area contributed by atoms with Crippen LogP contribution in [0.15, 0.2) is 18.2 Å². The third-order valence-corrected chi connectivity index (χ3v) is 5.10. The third kappa shape index (κ3) is 1.88. The predicted molar refractivity (Wildman–Crippen MR) is 80.8 cm³/mol. The first-order valence-electron chi connectivity index (χ1n) is 7.85. The Hall–Kier alpha value is -1.84. The normalized spacial score (nSPS) is 21.0. The van der Waals surface area contributed by atoms with Gasteiger partial charge in [-0.15, -0.1) is 0 Å². The van der Waals surface area contributed by atoms with Gasteiger partial charge in [-0.2, -0.15) is 0 Å². The number of carboxylic acids is 1. The Kier molecular flexibility index (Phi) is 2.65. The Labute approximate surface area is 123 Å². The van der Waals surface area contributed by atoms with Gasteiger partial charge < -0.3 is 9.67 Å². The molecule has 1 aromatic heterocycles. The standard InChI is InChI=1S/C17H20N2O2/c1-17(9-2-3-10-17)19-13-6-4-5-12(16(20)21)14(13)18-15(19)11-7-8-11/h4-6,11H,2-3,7-10H2,1H3,(H,20,21). The number of rotatable bonds is 3. The number of aromatic nitrogens is 2. The lowest BCUT2D eigenvalue weighted by atomic mass is 9.99. The van der Waals surface area contributed by atoms with E-state index in [4.69, 9.17) is 4.98 Å². The number of carbonyl (C=O) groups is 1. The van der Waals surface area contributed by atoms with E-state index in [2.05, 4.69) is 11.5 Å². The van der Waals surface area contributed by atoms with Crippen molar-refractivity contribution in [2.45, 2.75) is 56.9 Å². The lowest BCUT2D eigenvalue weighted by molar-refractivity contribution is 0.0699. The molecule has 0 spiro atoms. The molecular weight excluding hydrogens is 264 g/mol. The van der Waals surface area contributed by atoms with Crippen molar-refractivity contribution in [1.29, 1.82) is 0 Å². The Balaban J connectivity index is 2.01. The molecule has 0 saturated heterocycles. The topological polar surface area (TPSA) is 55.1 Å². The molecule has 0 aliphatic heterocycles. The number of hydrogen-bond donors (Lipinski definition) is 1. The zero-order chi connectivity index (χ0) is 14.6. The highest BCUT2D eigenvalue weighted by molar-refractivity contribution is 6.01. The number of aromatic carboxylic acids is 1. The lowest BCUT2D eigenvalue weighted by Crippen LogP contribution is -2.28. The van der Waals surface area contributed by atoms with E-state index in [1.54, 1.807) is 6.07 Å². The van der Waals surface area contributed by atoms with Gasteiger partial charge in [-0.1, -0.05) is 18.9 Å². The number of imidazole rings is 1. The SMILES string of the molecule is CC1(n2c(C3CC3)nc3c(C(=O)O)cccc32)CCCC1. The van der Waals surface area contributed by atoms with E-state index < -0.39 is 5.97 Å². The van der Waals surface area contributed by atoms with Gasteiger partial charge in [-0.3, -0.25) is 0 Å². The highest BCUT2D eigenvalue weighted by Gasteiger charge is 2.39. The summed E-state index contributed by atoms with van der Waals surface area (Å²) in [6.45, 7) is 2.31. The molecule has 4 rings (SSSR count). The zero-order valence-corrected chi connectivity index (χ0v) is 12.3. The van der Waals surface area contributed by atoms with Crippen molar-refractivity contribution in [3.63, 3.8) is 0 Å². The molecule has 4 heteroatoms. The van der Waals surface area contributed by atoms with Gasteiger partial charge in [0.15, 0.2) is 0 Å². The average molecular weight is 284 g/mol. The molecule has 1 heterocycles. The minimum atomic E-state index is -0.885. The number of carboxylic acid groups (broad SMARTS) is 1. The maximum atomic E-state index is 11.5. The molecule has 1 N–H and O–H groups in total. The monoisotopic (exact) mass is 284 g/mol. The molecule has 0 radical (unpaired) electrons. The second-order valence-electron chi connectivity index (χ2n) is 6.76. The molecule has 0 amide bonds. The van der Waals surface area contributed by atoms with Crippen LogP contribution in [0.25, 0.3) is 11.0 Å². The summed E-state index contributed by atoms with van der Waals surface area (Å²) in [4.78, 5) is 16.2. The summed E-state index contributed by atoms with van der Waals surface area (Å²) in [5.74, 6) is 0.753. The first-order valence-corrected chi connectivity index (χ1v) is 7.85. The van der Waals surface area contributed by atoms with E-state index in [1.165, 1.54) is 25.7 Å². The molecule has 2 aromatic rings. The quantitative estimate of drug-likeness (QED) is 0.930. The van der Waals surface area contributed by atoms with E-state index in [0.29, 0.717) is 17.0 Å². The van der Waals surface area contributed by atoms with Crippen molar-refractivity contribution in [2.75, 3.05) is 0 Å². The molecule has 1 aromatic carbocycles. The van der Waals surface area contributed by atoms with E-state index in [1.807, 2.05) is 12.1 Å². The highest BCUT2D eigenvalue weighted by Crippen LogP contribution is 2.46. The molecule has 2 saturated carbocycles. The number of hydrogen-bond acceptors (Lipinski definition) is 2. The van der Waals surface area contributed by atoms with Crippen molar-refractivity contribution in [2.24, 2.45) is 0 Å². The van der Waals surface area contributed by atoms with Crippen molar-refractivity contribution in [3.05, 3.63) is 29.6 Å². The molecule has 0 bridgehead atoms. The first-order chi connectivity index (χ1) is 10.1. The second kappa shape index (κ2) is 4.33. The second-order valence-corrected chi connectivity index (χ2v) is 6.76. The largest absolute Gasteiger partial charge is 0.478 e. The Morgan fingerprint density at radius 2 is 2.05 bits per heavy atom. The Bertz CT molecular complexity index is 722. The van der Waals surface area contributed by atoms with Crippen molar-refractivity contribution < 1.29 is 9.90 Å². The predicted octanol–water partition coefficient (Wildman–Crippen LogP) is 3.90. The van der Waals surface area contributed by atoms with Crippen molar-refractivity contribution >= 4 is 17.0 Å². The number of fused-ring (bicyclic) bond motifs is 1. The number of para-hydroxylation sites is 1. The summed E-state index contributed by atoms with van der Waals surface area (Å²) >= 11 is 0. The van der Waals surface area contributed by atoms with Crippen molar-refractivity contribution in [1.82, 2.24) is 9.55 Å². The summed E-state index contributed by atoms with van der Waals surface area (Å²) in [7, 11) is 0. The smallest absolute Gasteiger partial charge is 0.337 e. The maximum Gasteiger partial charge on any atom is 0.337 e. The molecule has 110 valence electrons. The van der Waals surface area contributed by atoms with Gasteiger partial charge in [0.2, 0.25) is 0 Å². The van der Waals surface area contributed by atoms with Crippen LogP contribution in [0.2, 0.25) is 0 Å². The maximum absolute atomic E-state index is 11.5. The van der Waals surface area contributed by atoms with Crippen LogP contribution in [0.5, 0.6) is 0 Å². The van der Waals surface area contributed by atoms with E-state index >= 15 is 0 Å². The third-order valence-electron chi connectivity index (χ3n) is 5.10. The Morgan fingerprint density at radius 3 is 2.67 bits per heavy atom. The molecule has 0 unspecified atom stereocenters. The molecular formula is C17H20N2O2. The van der Waals surface area contributed by atoms with Crippen molar-refractivity contribution in [3.8, 4) is 0 Å². The number of benzene rings is 1. The van der Waals surface area contributed by atoms with Gasteiger partial charge in [0.25, 0.3) is 0 Å². The molecule has 4 nitrogen and oxygen atoms in total. The van der Waals surface area contributed by atoms with Gasteiger partial charge in [-0.25, -0.2) is 9.78 Å². The average Bonchev–Trinajstić information content (AvgIpc) is 3.09. The fourth-order valence-corrected chi connectivity index (χ4v) is 3.83. The van der Waals surface area contributed by atoms with Crippen LogP contribution in [0.4, 0.5) is 0 Å². The molecule has 2 aliphatic carbocycles. The van der Waals surface area contributed by atoms with Gasteiger partial charge in [0.1, 0.15) is 11.3 Å². The summed E-state index contributed by atoms with van der Waals surface area (Å²) in [6, 6.07) is 5.54. The van der Waals surface area contributed by atoms with Crippen LogP contribution in [-0.4, -0.2) is 20.6 Å². The zero-order valence-electron chi connectivity index (χ0n) is 12.3. The van der Waals surface area contributed by atoms with Crippen LogP contribution in [0, 0.1) is 0 Å². The summed E-state index contributed by atoms with van der Waals surface area (Å²) in [5, 5.41) is 9.42. The van der Waals surface area contributed by atoms with Crippen LogP contribution in [-0.2, 0) is 5.54 Å². The van der Waals surface area contributed by atoms with Gasteiger partial charge in [-0.05, 0) is 44.7 Å². The minimum Gasteiger partial charge on any atom is -0.478 e.